The molecule has 0 fully saturated rings. The lowest BCUT2D eigenvalue weighted by atomic mass is 10.0. The monoisotopic (exact) mass is 609 g/mol. The number of aromatic nitrogens is 3. The van der Waals surface area contributed by atoms with Crippen LogP contribution in [0.25, 0.3) is 0 Å². The van der Waals surface area contributed by atoms with Crippen LogP contribution in [0.2, 0.25) is 0 Å². The third kappa shape index (κ3) is 7.63. The number of benzene rings is 1. The molecule has 4 N–H and O–H groups in total. The second-order valence-electron chi connectivity index (χ2n) is 10.3. The lowest BCUT2D eigenvalue weighted by Gasteiger charge is -2.25. The summed E-state index contributed by atoms with van der Waals surface area (Å²) in [5.74, 6) is -2.15. The summed E-state index contributed by atoms with van der Waals surface area (Å²) in [5, 5.41) is 13.4. The molecule has 1 aliphatic rings. The number of carbonyl (C=O) groups is 4. The molecule has 4 rings (SSSR count). The van der Waals surface area contributed by atoms with E-state index in [-0.39, 0.29) is 30.1 Å². The minimum atomic E-state index is -1.07. The summed E-state index contributed by atoms with van der Waals surface area (Å²) >= 11 is 1.27. The van der Waals surface area contributed by atoms with Gasteiger partial charge < -0.3 is 21.3 Å². The Morgan fingerprint density at radius 3 is 2.44 bits per heavy atom. The molecule has 3 heterocycles. The van der Waals surface area contributed by atoms with Crippen molar-refractivity contribution in [1.82, 2.24) is 35.4 Å². The van der Waals surface area contributed by atoms with Crippen LogP contribution in [0.5, 0.6) is 0 Å². The van der Waals surface area contributed by atoms with Gasteiger partial charge in [-0.3, -0.25) is 33.1 Å². The normalized spacial score (nSPS) is 20.1. The van der Waals surface area contributed by atoms with Gasteiger partial charge in [-0.25, -0.2) is 9.78 Å². The lowest BCUT2D eigenvalue weighted by Crippen LogP contribution is -2.54. The maximum atomic E-state index is 13.5. The number of amides is 4. The first-order valence-corrected chi connectivity index (χ1v) is 14.9. The molecule has 2 aromatic heterocycles. The smallest absolute Gasteiger partial charge is 0.331 e. The highest BCUT2D eigenvalue weighted by Crippen LogP contribution is 2.23. The Morgan fingerprint density at radius 1 is 1.00 bits per heavy atom. The molecule has 0 aliphatic carbocycles. The molecule has 228 valence electrons. The zero-order chi connectivity index (χ0) is 31.1. The maximum absolute atomic E-state index is 13.5. The van der Waals surface area contributed by atoms with Gasteiger partial charge in [0.05, 0.1) is 6.04 Å². The largest absolute Gasteiger partial charge is 0.351 e. The van der Waals surface area contributed by atoms with Gasteiger partial charge >= 0.3 is 5.69 Å². The minimum Gasteiger partial charge on any atom is -0.351 e. The van der Waals surface area contributed by atoms with E-state index in [9.17, 15) is 28.8 Å². The topological polar surface area (TPSA) is 173 Å². The molecule has 3 aromatic rings. The molecule has 1 aromatic carbocycles. The zero-order valence-electron chi connectivity index (χ0n) is 24.2. The highest BCUT2D eigenvalue weighted by atomic mass is 32.1. The standard InChI is InChI=1S/C29H35N7O6S/c1-4-18-25(39)33-20(14-17-10-6-5-7-11-17)28-34-21(16-43-28)24(38)30-13-9-8-12-19(26(40)31-18)32-27(41)22-15-23(37)36(3)29(42)35(22)2/h5-7,10-11,15-16,18-20H,4,8-9,12-14H2,1-3H3,(H,30,38)(H,31,40)(H,32,41)(H,33,39)/t18-,19+,20+/m1/s1. The van der Waals surface area contributed by atoms with Crippen LogP contribution in [0, 0.1) is 0 Å². The van der Waals surface area contributed by atoms with Gasteiger partial charge in [-0.1, -0.05) is 37.3 Å². The quantitative estimate of drug-likeness (QED) is 0.327. The fourth-order valence-corrected chi connectivity index (χ4v) is 5.57. The molecule has 3 atom stereocenters. The molecule has 0 spiro atoms. The van der Waals surface area contributed by atoms with Crippen LogP contribution in [0.1, 0.15) is 70.2 Å². The molecule has 1 aliphatic heterocycles. The van der Waals surface area contributed by atoms with Crippen molar-refractivity contribution in [3.8, 4) is 0 Å². The van der Waals surface area contributed by atoms with E-state index >= 15 is 0 Å². The number of fused-ring (bicyclic) bond motifs is 2. The molecule has 14 heteroatoms. The Kier molecular flexibility index (Phi) is 10.2. The molecule has 0 saturated carbocycles. The number of nitrogens with one attached hydrogen (secondary N) is 4. The summed E-state index contributed by atoms with van der Waals surface area (Å²) in [5.41, 5.74) is -0.338. The summed E-state index contributed by atoms with van der Waals surface area (Å²) in [6, 6.07) is 8.00. The van der Waals surface area contributed by atoms with Gasteiger partial charge in [0.2, 0.25) is 11.8 Å². The Hall–Kier alpha value is -4.59. The van der Waals surface area contributed by atoms with E-state index in [1.165, 1.54) is 25.4 Å². The van der Waals surface area contributed by atoms with Crippen LogP contribution in [0.15, 0.2) is 51.4 Å². The molecule has 43 heavy (non-hydrogen) atoms. The first-order chi connectivity index (χ1) is 20.6. The summed E-state index contributed by atoms with van der Waals surface area (Å²) in [4.78, 5) is 81.9. The van der Waals surface area contributed by atoms with E-state index in [0.29, 0.717) is 30.8 Å². The number of thiazole rings is 1. The van der Waals surface area contributed by atoms with E-state index in [1.807, 2.05) is 30.3 Å². The maximum Gasteiger partial charge on any atom is 0.331 e. The van der Waals surface area contributed by atoms with Crippen molar-refractivity contribution in [2.45, 2.75) is 57.2 Å². The summed E-state index contributed by atoms with van der Waals surface area (Å²) in [6.45, 7) is 2.07. The van der Waals surface area contributed by atoms with Crippen molar-refractivity contribution in [1.29, 1.82) is 0 Å². The fourth-order valence-electron chi connectivity index (χ4n) is 4.72. The zero-order valence-corrected chi connectivity index (χ0v) is 25.0. The van der Waals surface area contributed by atoms with Crippen molar-refractivity contribution >= 4 is 35.0 Å². The average Bonchev–Trinajstić information content (AvgIpc) is 3.50. The molecule has 13 nitrogen and oxygen atoms in total. The average molecular weight is 610 g/mol. The van der Waals surface area contributed by atoms with Crippen LogP contribution in [0.3, 0.4) is 0 Å². The number of carbonyl (C=O) groups excluding carboxylic acids is 4. The van der Waals surface area contributed by atoms with Gasteiger partial charge in [0, 0.05) is 32.1 Å². The minimum absolute atomic E-state index is 0.182. The third-order valence-corrected chi connectivity index (χ3v) is 8.24. The van der Waals surface area contributed by atoms with Gasteiger partial charge in [0.15, 0.2) is 0 Å². The van der Waals surface area contributed by atoms with Crippen LogP contribution in [-0.2, 0) is 30.1 Å². The number of nitrogens with zero attached hydrogens (tertiary/aromatic N) is 3. The van der Waals surface area contributed by atoms with Gasteiger partial charge in [0.1, 0.15) is 28.5 Å². The SMILES string of the molecule is CC[C@H]1NC(=O)[C@@H](NC(=O)c2cc(=O)n(C)c(=O)n2C)CCCCNC(=O)c2csc(n2)[C@H](Cc2ccccc2)NC1=O. The van der Waals surface area contributed by atoms with Crippen LogP contribution in [-0.4, -0.2) is 56.4 Å². The molecule has 0 saturated heterocycles. The summed E-state index contributed by atoms with van der Waals surface area (Å²) in [6.07, 6.45) is 1.81. The Labute approximate surface area is 251 Å². The lowest BCUT2D eigenvalue weighted by molar-refractivity contribution is -0.130. The van der Waals surface area contributed by atoms with E-state index in [1.54, 1.807) is 12.3 Å². The predicted molar refractivity (Wildman–Crippen MR) is 160 cm³/mol. The second kappa shape index (κ2) is 14.1. The van der Waals surface area contributed by atoms with Gasteiger partial charge in [-0.15, -0.1) is 11.3 Å². The fraction of sp³-hybridized carbons (Fsp3) is 0.414. The van der Waals surface area contributed by atoms with Crippen molar-refractivity contribution in [2.24, 2.45) is 14.1 Å². The van der Waals surface area contributed by atoms with Crippen molar-refractivity contribution in [3.63, 3.8) is 0 Å². The Bertz CT molecular complexity index is 1610. The molecule has 4 amide bonds. The molecule has 0 radical (unpaired) electrons. The van der Waals surface area contributed by atoms with Crippen molar-refractivity contribution < 1.29 is 19.2 Å². The van der Waals surface area contributed by atoms with Gasteiger partial charge in [-0.05, 0) is 37.7 Å². The summed E-state index contributed by atoms with van der Waals surface area (Å²) < 4.78 is 1.89. The number of hydrogen-bond donors (Lipinski definition) is 4. The Balaban J connectivity index is 1.60. The number of rotatable bonds is 5. The molecule has 2 bridgehead atoms. The molecular weight excluding hydrogens is 574 g/mol. The van der Waals surface area contributed by atoms with Gasteiger partial charge in [-0.2, -0.15) is 0 Å². The van der Waals surface area contributed by atoms with Crippen molar-refractivity contribution in [2.75, 3.05) is 6.54 Å². The first-order valence-electron chi connectivity index (χ1n) is 14.0. The number of hydrogen-bond acceptors (Lipinski definition) is 8. The van der Waals surface area contributed by atoms with Crippen LogP contribution >= 0.6 is 11.3 Å². The van der Waals surface area contributed by atoms with E-state index in [2.05, 4.69) is 26.3 Å². The molecular formula is C29H35N7O6S. The van der Waals surface area contributed by atoms with Crippen LogP contribution < -0.4 is 32.5 Å². The first kappa shape index (κ1) is 31.3. The highest BCUT2D eigenvalue weighted by molar-refractivity contribution is 7.09. The van der Waals surface area contributed by atoms with Crippen LogP contribution in [0.4, 0.5) is 0 Å². The van der Waals surface area contributed by atoms with E-state index in [4.69, 9.17) is 0 Å². The summed E-state index contributed by atoms with van der Waals surface area (Å²) in [7, 11) is 2.65. The molecule has 0 unspecified atom stereocenters. The van der Waals surface area contributed by atoms with Crippen molar-refractivity contribution in [3.05, 3.63) is 84.6 Å². The van der Waals surface area contributed by atoms with E-state index in [0.717, 1.165) is 20.8 Å². The Morgan fingerprint density at radius 2 is 1.72 bits per heavy atom. The highest BCUT2D eigenvalue weighted by Gasteiger charge is 2.29. The third-order valence-electron chi connectivity index (χ3n) is 7.28. The van der Waals surface area contributed by atoms with E-state index < -0.39 is 47.1 Å². The predicted octanol–water partition coefficient (Wildman–Crippen LogP) is 0.548. The van der Waals surface area contributed by atoms with Gasteiger partial charge in [0.25, 0.3) is 17.4 Å². The second-order valence-corrected chi connectivity index (χ2v) is 11.2.